The van der Waals surface area contributed by atoms with E-state index >= 15 is 0 Å². The Bertz CT molecular complexity index is 714. The molecule has 1 N–H and O–H groups in total. The van der Waals surface area contributed by atoms with Crippen molar-refractivity contribution in [3.63, 3.8) is 0 Å². The molecule has 0 aliphatic carbocycles. The normalized spacial score (nSPS) is 11.5. The highest BCUT2D eigenvalue weighted by atomic mass is 16.5. The number of hydrogen-bond donors (Lipinski definition) is 1. The molecule has 6 nitrogen and oxygen atoms in total. The maximum atomic E-state index is 12.2. The first-order valence-corrected chi connectivity index (χ1v) is 8.35. The lowest BCUT2D eigenvalue weighted by atomic mass is 10.2. The van der Waals surface area contributed by atoms with Crippen LogP contribution in [0.4, 0.5) is 5.69 Å². The molecule has 0 saturated carbocycles. The Labute approximate surface area is 153 Å². The van der Waals surface area contributed by atoms with Crippen molar-refractivity contribution in [1.29, 1.82) is 0 Å². The van der Waals surface area contributed by atoms with Gasteiger partial charge in [0.25, 0.3) is 11.8 Å². The lowest BCUT2D eigenvalue weighted by molar-refractivity contribution is -0.130. The summed E-state index contributed by atoms with van der Waals surface area (Å²) in [6.45, 7) is 2.06. The van der Waals surface area contributed by atoms with Gasteiger partial charge in [-0.15, -0.1) is 0 Å². The van der Waals surface area contributed by atoms with E-state index in [0.717, 1.165) is 5.56 Å². The van der Waals surface area contributed by atoms with Crippen molar-refractivity contribution < 1.29 is 19.1 Å². The van der Waals surface area contributed by atoms with E-state index in [4.69, 9.17) is 9.47 Å². The molecule has 2 rings (SSSR count). The molecule has 1 unspecified atom stereocenters. The maximum absolute atomic E-state index is 12.2. The fraction of sp³-hybridized carbons (Fsp3) is 0.300. The smallest absolute Gasteiger partial charge is 0.259 e. The minimum atomic E-state index is -0.580. The number of anilines is 1. The van der Waals surface area contributed by atoms with E-state index in [0.29, 0.717) is 18.0 Å². The van der Waals surface area contributed by atoms with E-state index in [9.17, 15) is 9.59 Å². The molecule has 0 spiro atoms. The molecule has 2 aromatic rings. The summed E-state index contributed by atoms with van der Waals surface area (Å²) in [6.07, 6.45) is -0.580. The summed E-state index contributed by atoms with van der Waals surface area (Å²) in [5.41, 5.74) is 1.65. The van der Waals surface area contributed by atoms with E-state index in [1.807, 2.05) is 30.3 Å². The third kappa shape index (κ3) is 6.22. The largest absolute Gasteiger partial charge is 0.484 e. The number of carbonyl (C=O) groups is 2. The van der Waals surface area contributed by atoms with Crippen molar-refractivity contribution in [2.24, 2.45) is 0 Å². The van der Waals surface area contributed by atoms with Crippen LogP contribution < -0.4 is 10.1 Å². The maximum Gasteiger partial charge on any atom is 0.259 e. The Balaban J connectivity index is 1.80. The second-order valence-electron chi connectivity index (χ2n) is 6.03. The van der Waals surface area contributed by atoms with Crippen molar-refractivity contribution in [1.82, 2.24) is 4.90 Å². The van der Waals surface area contributed by atoms with Crippen LogP contribution in [0, 0.1) is 0 Å². The van der Waals surface area contributed by atoms with Crippen LogP contribution in [0.25, 0.3) is 0 Å². The van der Waals surface area contributed by atoms with Gasteiger partial charge in [-0.3, -0.25) is 9.59 Å². The number of rotatable bonds is 8. The van der Waals surface area contributed by atoms with Crippen LogP contribution in [0.1, 0.15) is 12.5 Å². The first-order chi connectivity index (χ1) is 12.5. The molecule has 0 fully saturated rings. The minimum absolute atomic E-state index is 0.0247. The molecule has 0 aromatic heterocycles. The second kappa shape index (κ2) is 9.58. The molecule has 0 radical (unpaired) electrons. The molecule has 0 saturated heterocycles. The number of nitrogens with zero attached hydrogens (tertiary/aromatic N) is 1. The topological polar surface area (TPSA) is 67.9 Å². The first kappa shape index (κ1) is 19.5. The third-order valence-corrected chi connectivity index (χ3v) is 3.70. The van der Waals surface area contributed by atoms with Crippen molar-refractivity contribution in [3.8, 4) is 5.75 Å². The van der Waals surface area contributed by atoms with Gasteiger partial charge in [0.15, 0.2) is 6.61 Å². The monoisotopic (exact) mass is 356 g/mol. The molecule has 26 heavy (non-hydrogen) atoms. The SMILES string of the molecule is CC(OCc1ccccc1)C(=O)Nc1ccc(OCC(=O)N(C)C)cc1. The average molecular weight is 356 g/mol. The van der Waals surface area contributed by atoms with Gasteiger partial charge in [-0.2, -0.15) is 0 Å². The molecule has 138 valence electrons. The number of hydrogen-bond acceptors (Lipinski definition) is 4. The average Bonchev–Trinajstić information content (AvgIpc) is 2.65. The lowest BCUT2D eigenvalue weighted by Crippen LogP contribution is -2.28. The molecule has 0 heterocycles. The van der Waals surface area contributed by atoms with Crippen LogP contribution in [-0.4, -0.2) is 43.5 Å². The number of ether oxygens (including phenoxy) is 2. The van der Waals surface area contributed by atoms with Crippen molar-refractivity contribution in [2.75, 3.05) is 26.0 Å². The quantitative estimate of drug-likeness (QED) is 0.790. The molecule has 2 aromatic carbocycles. The van der Waals surface area contributed by atoms with Gasteiger partial charge in [-0.1, -0.05) is 30.3 Å². The Morgan fingerprint density at radius 1 is 1.04 bits per heavy atom. The minimum Gasteiger partial charge on any atom is -0.484 e. The Hall–Kier alpha value is -2.86. The number of benzene rings is 2. The number of carbonyl (C=O) groups excluding carboxylic acids is 2. The van der Waals surface area contributed by atoms with Crippen molar-refractivity contribution in [2.45, 2.75) is 19.6 Å². The summed E-state index contributed by atoms with van der Waals surface area (Å²) in [5, 5.41) is 2.79. The van der Waals surface area contributed by atoms with Gasteiger partial charge >= 0.3 is 0 Å². The van der Waals surface area contributed by atoms with Gasteiger partial charge in [0.2, 0.25) is 0 Å². The number of amides is 2. The van der Waals surface area contributed by atoms with Gasteiger partial charge in [0, 0.05) is 19.8 Å². The zero-order valence-electron chi connectivity index (χ0n) is 15.3. The molecular formula is C20H24N2O4. The van der Waals surface area contributed by atoms with E-state index < -0.39 is 6.10 Å². The van der Waals surface area contributed by atoms with Crippen molar-refractivity contribution >= 4 is 17.5 Å². The van der Waals surface area contributed by atoms with E-state index in [1.165, 1.54) is 4.90 Å². The summed E-state index contributed by atoms with van der Waals surface area (Å²) < 4.78 is 11.0. The first-order valence-electron chi connectivity index (χ1n) is 8.35. The third-order valence-electron chi connectivity index (χ3n) is 3.70. The summed E-state index contributed by atoms with van der Waals surface area (Å²) in [6, 6.07) is 16.5. The highest BCUT2D eigenvalue weighted by Crippen LogP contribution is 2.16. The van der Waals surface area contributed by atoms with Crippen LogP contribution in [0.15, 0.2) is 54.6 Å². The highest BCUT2D eigenvalue weighted by Gasteiger charge is 2.14. The number of likely N-dealkylation sites (N-methyl/N-ethyl adjacent to an activating group) is 1. The fourth-order valence-electron chi connectivity index (χ4n) is 2.02. The Morgan fingerprint density at radius 3 is 2.31 bits per heavy atom. The number of nitrogens with one attached hydrogen (secondary N) is 1. The summed E-state index contributed by atoms with van der Waals surface area (Å²) in [7, 11) is 3.34. The molecule has 0 aliphatic rings. The molecule has 6 heteroatoms. The van der Waals surface area contributed by atoms with Crippen LogP contribution in [0.3, 0.4) is 0 Å². The highest BCUT2D eigenvalue weighted by molar-refractivity contribution is 5.93. The predicted octanol–water partition coefficient (Wildman–Crippen LogP) is 2.70. The van der Waals surface area contributed by atoms with E-state index in [2.05, 4.69) is 5.32 Å². The summed E-state index contributed by atoms with van der Waals surface area (Å²) >= 11 is 0. The zero-order valence-corrected chi connectivity index (χ0v) is 15.3. The standard InChI is InChI=1S/C20H24N2O4/c1-15(25-13-16-7-5-4-6-8-16)20(24)21-17-9-11-18(12-10-17)26-14-19(23)22(2)3/h4-12,15H,13-14H2,1-3H3,(H,21,24). The molecule has 0 aliphatic heterocycles. The van der Waals surface area contributed by atoms with E-state index in [-0.39, 0.29) is 18.4 Å². The van der Waals surface area contributed by atoms with Crippen LogP contribution in [-0.2, 0) is 20.9 Å². The fourth-order valence-corrected chi connectivity index (χ4v) is 2.02. The van der Waals surface area contributed by atoms with Gasteiger partial charge < -0.3 is 19.7 Å². The molecule has 2 amide bonds. The lowest BCUT2D eigenvalue weighted by Gasteiger charge is -2.14. The van der Waals surface area contributed by atoms with Gasteiger partial charge in [0.05, 0.1) is 6.61 Å². The van der Waals surface area contributed by atoms with Crippen LogP contribution >= 0.6 is 0 Å². The molecular weight excluding hydrogens is 332 g/mol. The molecule has 1 atom stereocenters. The zero-order chi connectivity index (χ0) is 18.9. The second-order valence-corrected chi connectivity index (χ2v) is 6.03. The van der Waals surface area contributed by atoms with Crippen LogP contribution in [0.2, 0.25) is 0 Å². The van der Waals surface area contributed by atoms with Gasteiger partial charge in [-0.05, 0) is 36.8 Å². The van der Waals surface area contributed by atoms with Crippen LogP contribution in [0.5, 0.6) is 5.75 Å². The molecule has 0 bridgehead atoms. The summed E-state index contributed by atoms with van der Waals surface area (Å²) in [5.74, 6) is 0.218. The van der Waals surface area contributed by atoms with E-state index in [1.54, 1.807) is 45.3 Å². The Kier molecular flexibility index (Phi) is 7.17. The predicted molar refractivity (Wildman–Crippen MR) is 100.0 cm³/mol. The van der Waals surface area contributed by atoms with Gasteiger partial charge in [-0.25, -0.2) is 0 Å². The Morgan fingerprint density at radius 2 is 1.69 bits per heavy atom. The summed E-state index contributed by atoms with van der Waals surface area (Å²) in [4.78, 5) is 25.2. The van der Waals surface area contributed by atoms with Gasteiger partial charge in [0.1, 0.15) is 11.9 Å². The van der Waals surface area contributed by atoms with Crippen molar-refractivity contribution in [3.05, 3.63) is 60.2 Å².